The Morgan fingerprint density at radius 3 is 2.65 bits per heavy atom. The van der Waals surface area contributed by atoms with Gasteiger partial charge in [0.1, 0.15) is 5.69 Å². The van der Waals surface area contributed by atoms with Crippen LogP contribution in [0.25, 0.3) is 10.9 Å². The Balaban J connectivity index is 1.77. The molecule has 124 valence electrons. The third-order valence-electron chi connectivity index (χ3n) is 5.11. The number of hydrogen-bond acceptors (Lipinski definition) is 2. The van der Waals surface area contributed by atoms with Gasteiger partial charge in [-0.1, -0.05) is 32.0 Å². The van der Waals surface area contributed by atoms with Crippen molar-refractivity contribution in [3.8, 4) is 0 Å². The van der Waals surface area contributed by atoms with Crippen LogP contribution in [0.15, 0.2) is 30.3 Å². The van der Waals surface area contributed by atoms with E-state index in [9.17, 15) is 9.90 Å². The van der Waals surface area contributed by atoms with Gasteiger partial charge in [0.05, 0.1) is 6.10 Å². The maximum atomic E-state index is 12.6. The van der Waals surface area contributed by atoms with E-state index in [4.69, 9.17) is 0 Å². The van der Waals surface area contributed by atoms with E-state index in [1.807, 2.05) is 55.7 Å². The van der Waals surface area contributed by atoms with Crippen molar-refractivity contribution in [2.45, 2.75) is 46.3 Å². The van der Waals surface area contributed by atoms with Gasteiger partial charge in [-0.05, 0) is 37.8 Å². The molecule has 1 aliphatic rings. The van der Waals surface area contributed by atoms with Gasteiger partial charge in [-0.3, -0.25) is 4.79 Å². The van der Waals surface area contributed by atoms with E-state index < -0.39 is 0 Å². The summed E-state index contributed by atoms with van der Waals surface area (Å²) in [6.07, 6.45) is 1.63. The number of nitrogens with one attached hydrogen (secondary N) is 1. The number of carbonyl (C=O) groups is 1. The summed E-state index contributed by atoms with van der Waals surface area (Å²) in [5.41, 5.74) is 1.67. The Hall–Kier alpha value is -1.81. The van der Waals surface area contributed by atoms with Gasteiger partial charge in [-0.25, -0.2) is 0 Å². The maximum Gasteiger partial charge on any atom is 0.267 e. The van der Waals surface area contributed by atoms with Crippen LogP contribution in [0.3, 0.4) is 0 Å². The number of amides is 1. The Morgan fingerprint density at radius 2 is 2.04 bits per heavy atom. The Bertz CT molecular complexity index is 713. The fraction of sp³-hybridized carbons (Fsp3) is 0.526. The Kier molecular flexibility index (Phi) is 4.19. The van der Waals surface area contributed by atoms with Gasteiger partial charge < -0.3 is 15.0 Å². The zero-order chi connectivity index (χ0) is 16.6. The summed E-state index contributed by atoms with van der Waals surface area (Å²) in [7, 11) is 0. The molecule has 1 saturated carbocycles. The van der Waals surface area contributed by atoms with Gasteiger partial charge in [0.2, 0.25) is 0 Å². The zero-order valence-corrected chi connectivity index (χ0v) is 14.2. The van der Waals surface area contributed by atoms with Crippen LogP contribution in [0.2, 0.25) is 0 Å². The number of para-hydroxylation sites is 1. The lowest BCUT2D eigenvalue weighted by Gasteiger charge is -2.25. The lowest BCUT2D eigenvalue weighted by molar-refractivity contribution is 0.0489. The second kappa shape index (κ2) is 6.00. The van der Waals surface area contributed by atoms with Crippen molar-refractivity contribution in [2.24, 2.45) is 11.3 Å². The van der Waals surface area contributed by atoms with Gasteiger partial charge >= 0.3 is 0 Å². The predicted octanol–water partition coefficient (Wildman–Crippen LogP) is 3.19. The van der Waals surface area contributed by atoms with Crippen LogP contribution in [0, 0.1) is 11.3 Å². The molecule has 0 aliphatic heterocycles. The number of fused-ring (bicyclic) bond motifs is 1. The predicted molar refractivity (Wildman–Crippen MR) is 92.5 cm³/mol. The molecule has 1 atom stereocenters. The molecule has 1 aliphatic carbocycles. The second-order valence-electron chi connectivity index (χ2n) is 7.07. The molecule has 1 aromatic carbocycles. The van der Waals surface area contributed by atoms with Crippen molar-refractivity contribution >= 4 is 16.8 Å². The third-order valence-corrected chi connectivity index (χ3v) is 5.11. The van der Waals surface area contributed by atoms with Crippen LogP contribution in [0.5, 0.6) is 0 Å². The molecular weight excluding hydrogens is 288 g/mol. The monoisotopic (exact) mass is 314 g/mol. The number of hydrogen-bond donors (Lipinski definition) is 2. The first-order valence-electron chi connectivity index (χ1n) is 8.53. The van der Waals surface area contributed by atoms with E-state index in [1.54, 1.807) is 0 Å². The van der Waals surface area contributed by atoms with E-state index >= 15 is 0 Å². The highest BCUT2D eigenvalue weighted by Crippen LogP contribution is 2.50. The maximum absolute atomic E-state index is 12.6. The third kappa shape index (κ3) is 2.88. The fourth-order valence-corrected chi connectivity index (χ4v) is 3.53. The molecule has 0 saturated heterocycles. The average molecular weight is 314 g/mol. The summed E-state index contributed by atoms with van der Waals surface area (Å²) in [5, 5.41) is 14.5. The van der Waals surface area contributed by atoms with Crippen molar-refractivity contribution in [2.75, 3.05) is 6.54 Å². The molecule has 1 amide bonds. The van der Waals surface area contributed by atoms with E-state index in [2.05, 4.69) is 5.32 Å². The molecule has 3 rings (SSSR count). The van der Waals surface area contributed by atoms with Crippen LogP contribution in [0.4, 0.5) is 0 Å². The number of aliphatic hydroxyl groups excluding tert-OH is 1. The van der Waals surface area contributed by atoms with Gasteiger partial charge in [-0.2, -0.15) is 0 Å². The van der Waals surface area contributed by atoms with Crippen LogP contribution in [0.1, 0.15) is 44.1 Å². The minimum atomic E-state index is -0.347. The summed E-state index contributed by atoms with van der Waals surface area (Å²) in [6.45, 7) is 7.42. The first kappa shape index (κ1) is 16.1. The van der Waals surface area contributed by atoms with Crippen LogP contribution >= 0.6 is 0 Å². The van der Waals surface area contributed by atoms with Crippen molar-refractivity contribution in [1.82, 2.24) is 9.88 Å². The molecule has 0 bridgehead atoms. The van der Waals surface area contributed by atoms with Crippen LogP contribution in [-0.2, 0) is 6.54 Å². The molecule has 23 heavy (non-hydrogen) atoms. The van der Waals surface area contributed by atoms with Crippen molar-refractivity contribution in [3.63, 3.8) is 0 Å². The van der Waals surface area contributed by atoms with Crippen molar-refractivity contribution in [3.05, 3.63) is 36.0 Å². The minimum absolute atomic E-state index is 0.0507. The number of aryl methyl sites for hydroxylation is 1. The first-order valence-corrected chi connectivity index (χ1v) is 8.53. The van der Waals surface area contributed by atoms with Gasteiger partial charge in [0.15, 0.2) is 0 Å². The molecule has 0 unspecified atom stereocenters. The highest BCUT2D eigenvalue weighted by Gasteiger charge is 2.49. The smallest absolute Gasteiger partial charge is 0.267 e. The normalized spacial score (nSPS) is 17.4. The number of aromatic nitrogens is 1. The molecule has 4 nitrogen and oxygen atoms in total. The molecular formula is C19H26N2O2. The molecule has 0 spiro atoms. The van der Waals surface area contributed by atoms with Gasteiger partial charge in [0.25, 0.3) is 5.91 Å². The Labute approximate surface area is 137 Å². The number of rotatable bonds is 6. The SMILES string of the molecule is CCn1c(C(=O)NCC2([C@@H](O)C(C)C)CC2)cc2ccccc21. The standard InChI is InChI=1S/C19H26N2O2/c1-4-21-15-8-6-5-7-14(15)11-16(21)18(23)20-12-19(9-10-19)17(22)13(2)3/h5-8,11,13,17,22H,4,9-10,12H2,1-3H3,(H,20,23)/t17-/m0/s1. The molecule has 1 aromatic heterocycles. The zero-order valence-electron chi connectivity index (χ0n) is 14.2. The fourth-order valence-electron chi connectivity index (χ4n) is 3.53. The van der Waals surface area contributed by atoms with Gasteiger partial charge in [-0.15, -0.1) is 0 Å². The molecule has 2 N–H and O–H groups in total. The molecule has 2 aromatic rings. The van der Waals surface area contributed by atoms with E-state index in [1.165, 1.54) is 0 Å². The largest absolute Gasteiger partial charge is 0.392 e. The molecule has 1 fully saturated rings. The second-order valence-corrected chi connectivity index (χ2v) is 7.07. The van der Waals surface area contributed by atoms with Crippen molar-refractivity contribution in [1.29, 1.82) is 0 Å². The quantitative estimate of drug-likeness (QED) is 0.860. The number of nitrogens with zero attached hydrogens (tertiary/aromatic N) is 1. The molecule has 0 radical (unpaired) electrons. The average Bonchev–Trinajstić information content (AvgIpc) is 3.24. The topological polar surface area (TPSA) is 54.3 Å². The summed E-state index contributed by atoms with van der Waals surface area (Å²) < 4.78 is 2.04. The molecule has 4 heteroatoms. The highest BCUT2D eigenvalue weighted by atomic mass is 16.3. The van der Waals surface area contributed by atoms with Gasteiger partial charge in [0, 0.05) is 29.4 Å². The Morgan fingerprint density at radius 1 is 1.35 bits per heavy atom. The van der Waals surface area contributed by atoms with E-state index in [0.29, 0.717) is 12.2 Å². The number of carbonyl (C=O) groups excluding carboxylic acids is 1. The molecule has 1 heterocycles. The van der Waals surface area contributed by atoms with Crippen LogP contribution < -0.4 is 5.32 Å². The first-order chi connectivity index (χ1) is 11.0. The van der Waals surface area contributed by atoms with Crippen LogP contribution in [-0.4, -0.2) is 28.2 Å². The lowest BCUT2D eigenvalue weighted by Crippen LogP contribution is -2.39. The van der Waals surface area contributed by atoms with E-state index in [-0.39, 0.29) is 23.3 Å². The lowest BCUT2D eigenvalue weighted by atomic mass is 9.90. The highest BCUT2D eigenvalue weighted by molar-refractivity contribution is 5.98. The summed E-state index contributed by atoms with van der Waals surface area (Å²) in [6, 6.07) is 10.0. The summed E-state index contributed by atoms with van der Waals surface area (Å²) in [4.78, 5) is 12.6. The minimum Gasteiger partial charge on any atom is -0.392 e. The van der Waals surface area contributed by atoms with E-state index in [0.717, 1.165) is 30.3 Å². The van der Waals surface area contributed by atoms with Crippen molar-refractivity contribution < 1.29 is 9.90 Å². The number of aliphatic hydroxyl groups is 1. The number of benzene rings is 1. The summed E-state index contributed by atoms with van der Waals surface area (Å²) >= 11 is 0. The summed E-state index contributed by atoms with van der Waals surface area (Å²) in [5.74, 6) is 0.168.